The summed E-state index contributed by atoms with van der Waals surface area (Å²) in [6.45, 7) is 3.87. The van der Waals surface area contributed by atoms with Crippen LogP contribution in [0.5, 0.6) is 0 Å². The monoisotopic (exact) mass is 568 g/mol. The Morgan fingerprint density at radius 1 is 1.05 bits per heavy atom. The third kappa shape index (κ3) is 5.98. The highest BCUT2D eigenvalue weighted by Crippen LogP contribution is 2.37. The van der Waals surface area contributed by atoms with Crippen molar-refractivity contribution in [3.63, 3.8) is 0 Å². The van der Waals surface area contributed by atoms with Crippen molar-refractivity contribution >= 4 is 39.4 Å². The number of hydrogen-bond acceptors (Lipinski definition) is 6. The third-order valence-electron chi connectivity index (χ3n) is 8.36. The normalized spacial score (nSPS) is 22.5. The molecule has 1 saturated carbocycles. The van der Waals surface area contributed by atoms with Crippen molar-refractivity contribution in [2.24, 2.45) is 11.8 Å². The zero-order chi connectivity index (χ0) is 25.9. The van der Waals surface area contributed by atoms with Crippen LogP contribution in [0.25, 0.3) is 0 Å². The lowest BCUT2D eigenvalue weighted by molar-refractivity contribution is -0.140. The van der Waals surface area contributed by atoms with Crippen LogP contribution in [0.15, 0.2) is 34.9 Å². The lowest BCUT2D eigenvalue weighted by Gasteiger charge is -2.35. The molecule has 198 valence electrons. The van der Waals surface area contributed by atoms with Gasteiger partial charge in [0.05, 0.1) is 10.2 Å². The van der Waals surface area contributed by atoms with Gasteiger partial charge in [-0.3, -0.25) is 9.59 Å². The SMILES string of the molecule is CN1CCC(N(C)C(=O)c2ccc(Nc3ncc(Br)c(C[C@@H]4CCC[C@@H]4C(=O)N4CCC4)n3)cc2)CC1. The molecule has 1 aromatic heterocycles. The lowest BCUT2D eigenvalue weighted by Crippen LogP contribution is -2.46. The first-order valence-corrected chi connectivity index (χ1v) is 14.3. The number of hydrogen-bond donors (Lipinski definition) is 1. The van der Waals surface area contributed by atoms with Gasteiger partial charge in [0.2, 0.25) is 11.9 Å². The van der Waals surface area contributed by atoms with E-state index in [2.05, 4.69) is 38.2 Å². The highest BCUT2D eigenvalue weighted by Gasteiger charge is 2.37. The van der Waals surface area contributed by atoms with Gasteiger partial charge in [-0.15, -0.1) is 0 Å². The van der Waals surface area contributed by atoms with Gasteiger partial charge in [-0.2, -0.15) is 0 Å². The molecule has 2 saturated heterocycles. The predicted octanol–water partition coefficient (Wildman–Crippen LogP) is 4.34. The van der Waals surface area contributed by atoms with E-state index in [1.54, 1.807) is 6.20 Å². The number of anilines is 2. The second-order valence-corrected chi connectivity index (χ2v) is 11.7. The molecule has 8 nitrogen and oxygen atoms in total. The average Bonchev–Trinajstić information content (AvgIpc) is 3.33. The van der Waals surface area contributed by atoms with Gasteiger partial charge in [-0.1, -0.05) is 6.42 Å². The van der Waals surface area contributed by atoms with E-state index in [1.165, 1.54) is 0 Å². The molecule has 1 aliphatic carbocycles. The Morgan fingerprint density at radius 2 is 1.78 bits per heavy atom. The summed E-state index contributed by atoms with van der Waals surface area (Å²) in [5.41, 5.74) is 2.44. The highest BCUT2D eigenvalue weighted by atomic mass is 79.9. The van der Waals surface area contributed by atoms with Gasteiger partial charge in [0, 0.05) is 49.5 Å². The molecule has 37 heavy (non-hydrogen) atoms. The fraction of sp³-hybridized carbons (Fsp3) is 0.571. The van der Waals surface area contributed by atoms with E-state index in [4.69, 9.17) is 4.98 Å². The Balaban J connectivity index is 1.21. The summed E-state index contributed by atoms with van der Waals surface area (Å²) >= 11 is 3.62. The summed E-state index contributed by atoms with van der Waals surface area (Å²) in [6, 6.07) is 7.82. The topological polar surface area (TPSA) is 81.7 Å². The molecule has 3 fully saturated rings. The van der Waals surface area contributed by atoms with Crippen LogP contribution in [-0.4, -0.2) is 82.8 Å². The van der Waals surface area contributed by atoms with E-state index in [1.807, 2.05) is 41.1 Å². The minimum Gasteiger partial charge on any atom is -0.342 e. The number of carbonyl (C=O) groups is 2. The van der Waals surface area contributed by atoms with E-state index in [0.29, 0.717) is 23.3 Å². The minimum atomic E-state index is 0.0576. The molecule has 2 aromatic rings. The molecule has 2 atom stereocenters. The van der Waals surface area contributed by atoms with Crippen LogP contribution in [0.1, 0.15) is 54.6 Å². The molecule has 2 aliphatic heterocycles. The Kier molecular flexibility index (Phi) is 8.09. The molecule has 1 N–H and O–H groups in total. The Hall–Kier alpha value is -2.52. The Bertz CT molecular complexity index is 1110. The van der Waals surface area contributed by atoms with Crippen molar-refractivity contribution in [3.05, 3.63) is 46.2 Å². The first-order chi connectivity index (χ1) is 17.9. The van der Waals surface area contributed by atoms with Crippen LogP contribution >= 0.6 is 15.9 Å². The van der Waals surface area contributed by atoms with Gasteiger partial charge in [0.15, 0.2) is 0 Å². The summed E-state index contributed by atoms with van der Waals surface area (Å²) in [4.78, 5) is 41.3. The van der Waals surface area contributed by atoms with Crippen LogP contribution in [0, 0.1) is 11.8 Å². The maximum absolute atomic E-state index is 13.0. The van der Waals surface area contributed by atoms with Crippen molar-refractivity contribution in [2.75, 3.05) is 45.6 Å². The number of amides is 2. The fourth-order valence-electron chi connectivity index (χ4n) is 5.81. The van der Waals surface area contributed by atoms with E-state index in [9.17, 15) is 9.59 Å². The van der Waals surface area contributed by atoms with E-state index >= 15 is 0 Å². The van der Waals surface area contributed by atoms with E-state index in [-0.39, 0.29) is 17.9 Å². The van der Waals surface area contributed by atoms with Gasteiger partial charge >= 0.3 is 0 Å². The second kappa shape index (κ2) is 11.5. The number of aromatic nitrogens is 2. The average molecular weight is 570 g/mol. The molecule has 0 radical (unpaired) electrons. The molecule has 1 aromatic carbocycles. The highest BCUT2D eigenvalue weighted by molar-refractivity contribution is 9.10. The van der Waals surface area contributed by atoms with Gasteiger partial charge in [-0.05, 0) is 105 Å². The number of piperidine rings is 1. The smallest absolute Gasteiger partial charge is 0.253 e. The first kappa shape index (κ1) is 26.1. The van der Waals surface area contributed by atoms with Crippen molar-refractivity contribution in [1.29, 1.82) is 0 Å². The molecule has 5 rings (SSSR count). The number of carbonyl (C=O) groups excluding carboxylic acids is 2. The van der Waals surface area contributed by atoms with E-state index < -0.39 is 0 Å². The molecule has 3 heterocycles. The van der Waals surface area contributed by atoms with Gasteiger partial charge in [0.25, 0.3) is 5.91 Å². The zero-order valence-electron chi connectivity index (χ0n) is 21.8. The maximum atomic E-state index is 13.0. The molecule has 2 amide bonds. The van der Waals surface area contributed by atoms with Crippen molar-refractivity contribution < 1.29 is 9.59 Å². The van der Waals surface area contributed by atoms with Crippen molar-refractivity contribution in [1.82, 2.24) is 24.7 Å². The van der Waals surface area contributed by atoms with Crippen LogP contribution in [-0.2, 0) is 11.2 Å². The predicted molar refractivity (Wildman–Crippen MR) is 148 cm³/mol. The summed E-state index contributed by atoms with van der Waals surface area (Å²) < 4.78 is 0.873. The fourth-order valence-corrected chi connectivity index (χ4v) is 6.16. The van der Waals surface area contributed by atoms with Crippen molar-refractivity contribution in [2.45, 2.75) is 51.0 Å². The first-order valence-electron chi connectivity index (χ1n) is 13.5. The summed E-state index contributed by atoms with van der Waals surface area (Å²) in [6.07, 6.45) is 8.82. The van der Waals surface area contributed by atoms with E-state index in [0.717, 1.165) is 87.0 Å². The Labute approximate surface area is 227 Å². The second-order valence-electron chi connectivity index (χ2n) is 10.8. The number of likely N-dealkylation sites (tertiary alicyclic amines) is 2. The third-order valence-corrected chi connectivity index (χ3v) is 9.02. The zero-order valence-corrected chi connectivity index (χ0v) is 23.4. The summed E-state index contributed by atoms with van der Waals surface area (Å²) in [5, 5.41) is 3.28. The standard InChI is InChI=1S/C28H37BrN6O2/c1-33-15-11-22(12-16-33)34(2)26(36)19-7-9-21(10-8-19)31-28-30-18-24(29)25(32-28)17-20-5-3-6-23(20)27(37)35-13-4-14-35/h7-10,18,20,22-23H,3-6,11-17H2,1-2H3,(H,30,31,32)/t20-,23-/m0/s1. The van der Waals surface area contributed by atoms with Crippen LogP contribution in [0.2, 0.25) is 0 Å². The number of benzene rings is 1. The lowest BCUT2D eigenvalue weighted by atomic mass is 9.89. The maximum Gasteiger partial charge on any atom is 0.253 e. The van der Waals surface area contributed by atoms with Crippen LogP contribution in [0.4, 0.5) is 11.6 Å². The molecule has 9 heteroatoms. The number of rotatable bonds is 7. The molecule has 0 spiro atoms. The summed E-state index contributed by atoms with van der Waals surface area (Å²) in [5.74, 6) is 1.33. The Morgan fingerprint density at radius 3 is 2.46 bits per heavy atom. The van der Waals surface area contributed by atoms with Crippen LogP contribution in [0.3, 0.4) is 0 Å². The number of halogens is 1. The minimum absolute atomic E-state index is 0.0576. The quantitative estimate of drug-likeness (QED) is 0.535. The van der Waals surface area contributed by atoms with Crippen molar-refractivity contribution in [3.8, 4) is 0 Å². The van der Waals surface area contributed by atoms with Gasteiger partial charge < -0.3 is 20.0 Å². The molecule has 0 bridgehead atoms. The molecular weight excluding hydrogens is 532 g/mol. The molecular formula is C28H37BrN6O2. The number of nitrogens with zero attached hydrogens (tertiary/aromatic N) is 5. The largest absolute Gasteiger partial charge is 0.342 e. The molecule has 0 unspecified atom stereocenters. The van der Waals surface area contributed by atoms with Gasteiger partial charge in [-0.25, -0.2) is 9.97 Å². The molecule has 3 aliphatic rings. The van der Waals surface area contributed by atoms with Crippen LogP contribution < -0.4 is 5.32 Å². The summed E-state index contributed by atoms with van der Waals surface area (Å²) in [7, 11) is 4.04. The number of nitrogens with one attached hydrogen (secondary N) is 1. The van der Waals surface area contributed by atoms with Gasteiger partial charge in [0.1, 0.15) is 0 Å².